The summed E-state index contributed by atoms with van der Waals surface area (Å²) in [6.45, 7) is 5.68. The summed E-state index contributed by atoms with van der Waals surface area (Å²) < 4.78 is 40.6. The third-order valence-corrected chi connectivity index (χ3v) is 7.62. The number of carbonyl (C=O) groups is 2. The quantitative estimate of drug-likeness (QED) is 0.384. The zero-order chi connectivity index (χ0) is 26.2. The normalized spacial score (nSPS) is 12.2. The molecule has 10 heteroatoms. The lowest BCUT2D eigenvalue weighted by Gasteiger charge is -2.33. The Hall–Kier alpha value is -2.46. The van der Waals surface area contributed by atoms with E-state index in [1.54, 1.807) is 37.3 Å². The van der Waals surface area contributed by atoms with Gasteiger partial charge in [-0.1, -0.05) is 48.3 Å². The van der Waals surface area contributed by atoms with E-state index in [4.69, 9.17) is 0 Å². The molecule has 2 aromatic rings. The Balaban J connectivity index is 2.41. The van der Waals surface area contributed by atoms with E-state index in [2.05, 4.69) is 21.2 Å². The van der Waals surface area contributed by atoms with Crippen LogP contribution >= 0.6 is 15.9 Å². The van der Waals surface area contributed by atoms with Crippen LogP contribution in [0.25, 0.3) is 0 Å². The average Bonchev–Trinajstić information content (AvgIpc) is 2.80. The van der Waals surface area contributed by atoms with Gasteiger partial charge in [0.05, 0.1) is 11.9 Å². The molecule has 0 aliphatic rings. The summed E-state index contributed by atoms with van der Waals surface area (Å²) in [7, 11) is -3.80. The van der Waals surface area contributed by atoms with E-state index in [0.717, 1.165) is 33.4 Å². The zero-order valence-corrected chi connectivity index (χ0v) is 23.0. The molecule has 2 aromatic carbocycles. The highest BCUT2D eigenvalue weighted by molar-refractivity contribution is 9.10. The molecule has 0 fully saturated rings. The van der Waals surface area contributed by atoms with E-state index in [-0.39, 0.29) is 12.5 Å². The maximum absolute atomic E-state index is 13.6. The number of rotatable bonds is 12. The van der Waals surface area contributed by atoms with Crippen molar-refractivity contribution in [2.45, 2.75) is 52.6 Å². The van der Waals surface area contributed by atoms with Crippen molar-refractivity contribution in [1.29, 1.82) is 0 Å². The van der Waals surface area contributed by atoms with Crippen molar-refractivity contribution in [3.63, 3.8) is 0 Å². The molecule has 0 bridgehead atoms. The van der Waals surface area contributed by atoms with Gasteiger partial charge in [-0.2, -0.15) is 0 Å². The Labute approximate surface area is 215 Å². The number of nitrogens with zero attached hydrogens (tertiary/aromatic N) is 2. The van der Waals surface area contributed by atoms with Crippen LogP contribution in [0.1, 0.15) is 44.2 Å². The largest absolute Gasteiger partial charge is 0.354 e. The van der Waals surface area contributed by atoms with Gasteiger partial charge in [-0.15, -0.1) is 0 Å². The third kappa shape index (κ3) is 8.31. The number of anilines is 1. The third-order valence-electron chi connectivity index (χ3n) is 5.59. The van der Waals surface area contributed by atoms with Crippen LogP contribution < -0.4 is 9.62 Å². The maximum atomic E-state index is 13.6. The lowest BCUT2D eigenvalue weighted by molar-refractivity contribution is -0.140. The molecule has 2 rings (SSSR count). The van der Waals surface area contributed by atoms with Crippen LogP contribution in [0.15, 0.2) is 46.9 Å². The van der Waals surface area contributed by atoms with Crippen molar-refractivity contribution in [3.05, 3.63) is 63.9 Å². The molecule has 0 aromatic heterocycles. The molecule has 0 saturated heterocycles. The molecule has 2 amide bonds. The SMILES string of the molecule is CCCCNC(=O)[C@@H](CC)N(Cc1ccc(F)cc1)C(=O)CN(c1ccc(Br)c(C)c1)S(C)(=O)=O. The molecule has 1 N–H and O–H groups in total. The molecule has 0 spiro atoms. The number of carbonyl (C=O) groups excluding carboxylic acids is 2. The van der Waals surface area contributed by atoms with E-state index in [9.17, 15) is 22.4 Å². The smallest absolute Gasteiger partial charge is 0.244 e. The lowest BCUT2D eigenvalue weighted by Crippen LogP contribution is -2.52. The zero-order valence-electron chi connectivity index (χ0n) is 20.6. The standard InChI is InChI=1S/C25H33BrFN3O4S/c1-5-7-14-28-25(32)23(6-2)29(16-19-8-10-20(27)11-9-19)24(31)17-30(35(4,33)34)21-12-13-22(26)18(3)15-21/h8-13,15,23H,5-7,14,16-17H2,1-4H3,(H,28,32)/t23-/m1/s1. The first-order chi connectivity index (χ1) is 16.5. The van der Waals surface area contributed by atoms with Gasteiger partial charge in [0.2, 0.25) is 21.8 Å². The first-order valence-electron chi connectivity index (χ1n) is 11.5. The van der Waals surface area contributed by atoms with Gasteiger partial charge < -0.3 is 10.2 Å². The van der Waals surface area contributed by atoms with Crippen LogP contribution in [0.3, 0.4) is 0 Å². The minimum Gasteiger partial charge on any atom is -0.354 e. The van der Waals surface area contributed by atoms with Crippen molar-refractivity contribution in [1.82, 2.24) is 10.2 Å². The summed E-state index contributed by atoms with van der Waals surface area (Å²) in [5, 5.41) is 2.86. The highest BCUT2D eigenvalue weighted by atomic mass is 79.9. The van der Waals surface area contributed by atoms with Crippen LogP contribution in [-0.4, -0.2) is 50.5 Å². The Morgan fingerprint density at radius 2 is 1.77 bits per heavy atom. The van der Waals surface area contributed by atoms with E-state index in [0.29, 0.717) is 24.2 Å². The van der Waals surface area contributed by atoms with E-state index in [1.165, 1.54) is 17.0 Å². The number of unbranched alkanes of at least 4 members (excludes halogenated alkanes) is 1. The molecule has 0 unspecified atom stereocenters. The van der Waals surface area contributed by atoms with Crippen molar-refractivity contribution in [3.8, 4) is 0 Å². The summed E-state index contributed by atoms with van der Waals surface area (Å²) in [4.78, 5) is 27.9. The second-order valence-corrected chi connectivity index (χ2v) is 11.2. The molecule has 0 saturated carbocycles. The average molecular weight is 571 g/mol. The fourth-order valence-corrected chi connectivity index (χ4v) is 4.70. The lowest BCUT2D eigenvalue weighted by atomic mass is 10.1. The topological polar surface area (TPSA) is 86.8 Å². The summed E-state index contributed by atoms with van der Waals surface area (Å²) in [5.74, 6) is -1.25. The number of sulfonamides is 1. The van der Waals surface area contributed by atoms with Gasteiger partial charge in [0.1, 0.15) is 18.4 Å². The molecule has 192 valence electrons. The van der Waals surface area contributed by atoms with E-state index >= 15 is 0 Å². The summed E-state index contributed by atoms with van der Waals surface area (Å²) >= 11 is 3.40. The predicted molar refractivity (Wildman–Crippen MR) is 140 cm³/mol. The van der Waals surface area contributed by atoms with Gasteiger partial charge in [0, 0.05) is 17.6 Å². The molecule has 35 heavy (non-hydrogen) atoms. The van der Waals surface area contributed by atoms with Gasteiger partial charge in [-0.3, -0.25) is 13.9 Å². The molecule has 1 atom stereocenters. The number of aryl methyl sites for hydroxylation is 1. The van der Waals surface area contributed by atoms with Crippen LogP contribution in [0, 0.1) is 12.7 Å². The van der Waals surface area contributed by atoms with Crippen LogP contribution in [0.2, 0.25) is 0 Å². The molecular weight excluding hydrogens is 537 g/mol. The molecule has 0 heterocycles. The Kier molecular flexibility index (Phi) is 10.7. The first-order valence-corrected chi connectivity index (χ1v) is 14.2. The van der Waals surface area contributed by atoms with E-state index in [1.807, 2.05) is 13.8 Å². The van der Waals surface area contributed by atoms with Crippen molar-refractivity contribution in [2.75, 3.05) is 23.7 Å². The second-order valence-electron chi connectivity index (χ2n) is 8.42. The Morgan fingerprint density at radius 1 is 1.11 bits per heavy atom. The van der Waals surface area contributed by atoms with Gasteiger partial charge in [-0.05, 0) is 61.2 Å². The fourth-order valence-electron chi connectivity index (χ4n) is 3.61. The van der Waals surface area contributed by atoms with Crippen LogP contribution in [-0.2, 0) is 26.2 Å². The van der Waals surface area contributed by atoms with Gasteiger partial charge >= 0.3 is 0 Å². The van der Waals surface area contributed by atoms with Crippen molar-refractivity contribution >= 4 is 43.5 Å². The number of hydrogen-bond donors (Lipinski definition) is 1. The van der Waals surface area contributed by atoms with Gasteiger partial charge in [0.25, 0.3) is 0 Å². The number of nitrogens with one attached hydrogen (secondary N) is 1. The summed E-state index contributed by atoms with van der Waals surface area (Å²) in [5.41, 5.74) is 1.79. The number of halogens is 2. The van der Waals surface area contributed by atoms with Crippen molar-refractivity contribution < 1.29 is 22.4 Å². The van der Waals surface area contributed by atoms with E-state index < -0.39 is 34.3 Å². The highest BCUT2D eigenvalue weighted by Gasteiger charge is 2.31. The number of amides is 2. The minimum absolute atomic E-state index is 0.0375. The molecular formula is C25H33BrFN3O4S. The molecule has 0 radical (unpaired) electrons. The summed E-state index contributed by atoms with van der Waals surface area (Å²) in [6, 6.07) is 9.87. The van der Waals surface area contributed by atoms with Crippen LogP contribution in [0.4, 0.5) is 10.1 Å². The molecule has 0 aliphatic carbocycles. The monoisotopic (exact) mass is 569 g/mol. The van der Waals surface area contributed by atoms with Gasteiger partial charge in [0.15, 0.2) is 0 Å². The maximum Gasteiger partial charge on any atom is 0.244 e. The molecule has 7 nitrogen and oxygen atoms in total. The van der Waals surface area contributed by atoms with Crippen molar-refractivity contribution in [2.24, 2.45) is 0 Å². The first kappa shape index (κ1) is 28.8. The predicted octanol–water partition coefficient (Wildman–Crippen LogP) is 4.39. The fraction of sp³-hybridized carbons (Fsp3) is 0.440. The summed E-state index contributed by atoms with van der Waals surface area (Å²) in [6.07, 6.45) is 3.09. The Morgan fingerprint density at radius 3 is 2.31 bits per heavy atom. The van der Waals surface area contributed by atoms with Crippen LogP contribution in [0.5, 0.6) is 0 Å². The highest BCUT2D eigenvalue weighted by Crippen LogP contribution is 2.25. The number of hydrogen-bond acceptors (Lipinski definition) is 4. The minimum atomic E-state index is -3.80. The molecule has 0 aliphatic heterocycles. The van der Waals surface area contributed by atoms with Gasteiger partial charge in [-0.25, -0.2) is 12.8 Å². The Bertz CT molecular complexity index is 1130. The number of benzene rings is 2. The second kappa shape index (κ2) is 13.0.